The molecule has 1 unspecified atom stereocenters. The van der Waals surface area contributed by atoms with E-state index in [0.29, 0.717) is 12.0 Å². The first-order chi connectivity index (χ1) is 7.56. The van der Waals surface area contributed by atoms with Crippen molar-refractivity contribution in [2.45, 2.75) is 53.1 Å². The molecule has 1 aromatic rings. The lowest BCUT2D eigenvalue weighted by atomic mass is 10.1. The molecule has 1 N–H and O–H groups in total. The van der Waals surface area contributed by atoms with Crippen LogP contribution in [0.2, 0.25) is 0 Å². The molecule has 0 aliphatic rings. The Bertz CT molecular complexity index is 315. The van der Waals surface area contributed by atoms with Crippen molar-refractivity contribution in [2.24, 2.45) is 5.92 Å². The monoisotopic (exact) mass is 223 g/mol. The van der Waals surface area contributed by atoms with Crippen LogP contribution in [0.5, 0.6) is 0 Å². The highest BCUT2D eigenvalue weighted by Gasteiger charge is 2.10. The van der Waals surface area contributed by atoms with Crippen molar-refractivity contribution in [1.29, 1.82) is 0 Å². The minimum Gasteiger partial charge on any atom is -0.317 e. The van der Waals surface area contributed by atoms with E-state index in [1.54, 1.807) is 0 Å². The predicted octanol–water partition coefficient (Wildman–Crippen LogP) is 2.25. The molecule has 0 aromatic carbocycles. The fourth-order valence-electron chi connectivity index (χ4n) is 1.89. The smallest absolute Gasteiger partial charge is 0.0642 e. The molecule has 92 valence electrons. The van der Waals surface area contributed by atoms with Crippen molar-refractivity contribution >= 4 is 0 Å². The Kier molecular flexibility index (Phi) is 5.00. The maximum absolute atomic E-state index is 4.65. The van der Waals surface area contributed by atoms with Crippen molar-refractivity contribution in [3.05, 3.63) is 17.5 Å². The molecule has 1 rings (SSSR count). The van der Waals surface area contributed by atoms with Crippen LogP contribution in [0, 0.1) is 5.92 Å². The van der Waals surface area contributed by atoms with Gasteiger partial charge in [0, 0.05) is 24.7 Å². The van der Waals surface area contributed by atoms with Gasteiger partial charge in [0.15, 0.2) is 0 Å². The summed E-state index contributed by atoms with van der Waals surface area (Å²) in [6.45, 7) is 9.82. The van der Waals surface area contributed by atoms with Gasteiger partial charge in [0.2, 0.25) is 0 Å². The number of hydrogen-bond acceptors (Lipinski definition) is 2. The number of hydrogen-bond donors (Lipinski definition) is 1. The highest BCUT2D eigenvalue weighted by molar-refractivity contribution is 5.12. The predicted molar refractivity (Wildman–Crippen MR) is 68.7 cm³/mol. The van der Waals surface area contributed by atoms with Gasteiger partial charge in [-0.2, -0.15) is 5.10 Å². The van der Waals surface area contributed by atoms with Crippen LogP contribution in [0.25, 0.3) is 0 Å². The summed E-state index contributed by atoms with van der Waals surface area (Å²) in [5, 5.41) is 7.90. The first kappa shape index (κ1) is 13.2. The number of aromatic nitrogens is 2. The molecule has 0 bridgehead atoms. The molecule has 0 radical (unpaired) electrons. The molecule has 16 heavy (non-hydrogen) atoms. The fourth-order valence-corrected chi connectivity index (χ4v) is 1.89. The molecule has 0 saturated carbocycles. The largest absolute Gasteiger partial charge is 0.317 e. The summed E-state index contributed by atoms with van der Waals surface area (Å²) in [6, 6.07) is 2.75. The van der Waals surface area contributed by atoms with E-state index in [4.69, 9.17) is 0 Å². The molecule has 1 heterocycles. The highest BCUT2D eigenvalue weighted by atomic mass is 15.3. The quantitative estimate of drug-likeness (QED) is 0.801. The van der Waals surface area contributed by atoms with Crippen LogP contribution in [-0.4, -0.2) is 22.9 Å². The molecular weight excluding hydrogens is 198 g/mol. The second kappa shape index (κ2) is 6.04. The molecule has 0 amide bonds. The van der Waals surface area contributed by atoms with Gasteiger partial charge in [-0.15, -0.1) is 0 Å². The van der Waals surface area contributed by atoms with Crippen LogP contribution in [0.4, 0.5) is 0 Å². The maximum Gasteiger partial charge on any atom is 0.0642 e. The summed E-state index contributed by atoms with van der Waals surface area (Å²) in [4.78, 5) is 0. The molecule has 0 fully saturated rings. The zero-order chi connectivity index (χ0) is 12.1. The van der Waals surface area contributed by atoms with Gasteiger partial charge >= 0.3 is 0 Å². The topological polar surface area (TPSA) is 29.9 Å². The molecule has 0 saturated heterocycles. The van der Waals surface area contributed by atoms with Gasteiger partial charge in [-0.05, 0) is 39.3 Å². The molecule has 0 aliphatic heterocycles. The van der Waals surface area contributed by atoms with Gasteiger partial charge in [-0.3, -0.25) is 4.68 Å². The van der Waals surface area contributed by atoms with E-state index in [0.717, 1.165) is 19.4 Å². The molecule has 3 nitrogen and oxygen atoms in total. The second-order valence-corrected chi connectivity index (χ2v) is 4.93. The third-order valence-corrected chi connectivity index (χ3v) is 2.84. The van der Waals surface area contributed by atoms with Crippen LogP contribution in [-0.2, 0) is 19.4 Å². The number of likely N-dealkylation sites (N-methyl/N-ethyl adjacent to an activating group) is 1. The Balaban J connectivity index is 2.76. The van der Waals surface area contributed by atoms with Gasteiger partial charge in [-0.1, -0.05) is 13.8 Å². The summed E-state index contributed by atoms with van der Waals surface area (Å²) in [5.41, 5.74) is 2.58. The zero-order valence-electron chi connectivity index (χ0n) is 11.2. The normalized spacial score (nSPS) is 13.4. The van der Waals surface area contributed by atoms with Crippen molar-refractivity contribution in [2.75, 3.05) is 7.05 Å². The van der Waals surface area contributed by atoms with Crippen molar-refractivity contribution < 1.29 is 0 Å². The Labute approximate surface area is 99.2 Å². The lowest BCUT2D eigenvalue weighted by Gasteiger charge is -2.06. The van der Waals surface area contributed by atoms with Crippen molar-refractivity contribution in [3.8, 4) is 0 Å². The Hall–Kier alpha value is -0.830. The van der Waals surface area contributed by atoms with Crippen LogP contribution in [0.15, 0.2) is 6.07 Å². The summed E-state index contributed by atoms with van der Waals surface area (Å²) in [5.74, 6) is 0.691. The highest BCUT2D eigenvalue weighted by Crippen LogP contribution is 2.12. The van der Waals surface area contributed by atoms with Crippen LogP contribution < -0.4 is 5.32 Å². The summed E-state index contributed by atoms with van der Waals surface area (Å²) in [7, 11) is 2.00. The molecule has 3 heteroatoms. The third kappa shape index (κ3) is 3.63. The van der Waals surface area contributed by atoms with Gasteiger partial charge in [0.25, 0.3) is 0 Å². The lowest BCUT2D eigenvalue weighted by Crippen LogP contribution is -2.23. The number of aryl methyl sites for hydroxylation is 1. The lowest BCUT2D eigenvalue weighted by molar-refractivity contribution is 0.551. The number of nitrogens with one attached hydrogen (secondary N) is 1. The Morgan fingerprint density at radius 2 is 2.00 bits per heavy atom. The second-order valence-electron chi connectivity index (χ2n) is 4.93. The zero-order valence-corrected chi connectivity index (χ0v) is 11.2. The van der Waals surface area contributed by atoms with E-state index in [1.807, 2.05) is 7.05 Å². The SMILES string of the molecule is CCn1nc(CC(C)NC)cc1CC(C)C. The minimum atomic E-state index is 0.493. The van der Waals surface area contributed by atoms with E-state index in [9.17, 15) is 0 Å². The van der Waals surface area contributed by atoms with Gasteiger partial charge in [-0.25, -0.2) is 0 Å². The first-order valence-electron chi connectivity index (χ1n) is 6.29. The van der Waals surface area contributed by atoms with Gasteiger partial charge < -0.3 is 5.32 Å². The number of nitrogens with zero attached hydrogens (tertiary/aromatic N) is 2. The summed E-state index contributed by atoms with van der Waals surface area (Å²) in [6.07, 6.45) is 2.13. The summed E-state index contributed by atoms with van der Waals surface area (Å²) >= 11 is 0. The fraction of sp³-hybridized carbons (Fsp3) is 0.769. The van der Waals surface area contributed by atoms with E-state index in [1.165, 1.54) is 11.4 Å². The van der Waals surface area contributed by atoms with E-state index in [-0.39, 0.29) is 0 Å². The summed E-state index contributed by atoms with van der Waals surface area (Å²) < 4.78 is 2.14. The van der Waals surface area contributed by atoms with E-state index < -0.39 is 0 Å². The molecule has 1 atom stereocenters. The van der Waals surface area contributed by atoms with Crippen LogP contribution in [0.1, 0.15) is 39.1 Å². The van der Waals surface area contributed by atoms with Gasteiger partial charge in [0.05, 0.1) is 5.69 Å². The van der Waals surface area contributed by atoms with E-state index in [2.05, 4.69) is 48.9 Å². The maximum atomic E-state index is 4.65. The first-order valence-corrected chi connectivity index (χ1v) is 6.29. The molecule has 0 aliphatic carbocycles. The van der Waals surface area contributed by atoms with Crippen molar-refractivity contribution in [1.82, 2.24) is 15.1 Å². The third-order valence-electron chi connectivity index (χ3n) is 2.84. The van der Waals surface area contributed by atoms with Crippen LogP contribution >= 0.6 is 0 Å². The average molecular weight is 223 g/mol. The Morgan fingerprint density at radius 3 is 2.50 bits per heavy atom. The average Bonchev–Trinajstić information content (AvgIpc) is 2.59. The molecule has 0 spiro atoms. The van der Waals surface area contributed by atoms with E-state index >= 15 is 0 Å². The standard InChI is InChI=1S/C13H25N3/c1-6-16-13(7-10(2)3)9-12(15-16)8-11(4)14-5/h9-11,14H,6-8H2,1-5H3. The Morgan fingerprint density at radius 1 is 1.31 bits per heavy atom. The molecular formula is C13H25N3. The molecule has 1 aromatic heterocycles. The van der Waals surface area contributed by atoms with Crippen molar-refractivity contribution in [3.63, 3.8) is 0 Å². The number of rotatable bonds is 6. The van der Waals surface area contributed by atoms with Gasteiger partial charge in [0.1, 0.15) is 0 Å². The van der Waals surface area contributed by atoms with Crippen LogP contribution in [0.3, 0.4) is 0 Å². The minimum absolute atomic E-state index is 0.493.